The van der Waals surface area contributed by atoms with Crippen LogP contribution in [-0.2, 0) is 14.2 Å². The molecule has 2 aromatic rings. The molecule has 27 heavy (non-hydrogen) atoms. The fourth-order valence-electron chi connectivity index (χ4n) is 3.24. The number of hydrogen-bond acceptors (Lipinski definition) is 8. The van der Waals surface area contributed by atoms with Gasteiger partial charge in [-0.05, 0) is 26.0 Å². The van der Waals surface area contributed by atoms with Crippen molar-refractivity contribution in [3.8, 4) is 5.75 Å². The average molecular weight is 379 g/mol. The minimum atomic E-state index is -1.27. The molecule has 1 aromatic heterocycles. The molecule has 0 bridgehead atoms. The molecule has 1 saturated heterocycles. The third-order valence-electron chi connectivity index (χ3n) is 4.38. The SMILES string of the molecule is CO[C@@H]1C(O)[C@H](OC(N)=O)C(Oc2cccc3ccc(=O)oc23)OC1(C)C. The molecule has 146 valence electrons. The second-order valence-electron chi connectivity index (χ2n) is 6.68. The van der Waals surface area contributed by atoms with E-state index in [9.17, 15) is 14.7 Å². The van der Waals surface area contributed by atoms with Crippen LogP contribution in [0.15, 0.2) is 39.5 Å². The van der Waals surface area contributed by atoms with Gasteiger partial charge in [-0.3, -0.25) is 0 Å². The maximum Gasteiger partial charge on any atom is 0.405 e. The molecular weight excluding hydrogens is 358 g/mol. The fourth-order valence-corrected chi connectivity index (χ4v) is 3.24. The van der Waals surface area contributed by atoms with Crippen molar-refractivity contribution in [1.82, 2.24) is 0 Å². The molecule has 0 aliphatic carbocycles. The van der Waals surface area contributed by atoms with E-state index in [2.05, 4.69) is 0 Å². The summed E-state index contributed by atoms with van der Waals surface area (Å²) >= 11 is 0. The fraction of sp³-hybridized carbons (Fsp3) is 0.444. The largest absolute Gasteiger partial charge is 0.457 e. The Hall–Kier alpha value is -2.62. The molecule has 0 saturated carbocycles. The monoisotopic (exact) mass is 379 g/mol. The number of para-hydroxylation sites is 1. The molecule has 0 spiro atoms. The van der Waals surface area contributed by atoms with E-state index in [1.54, 1.807) is 38.1 Å². The van der Waals surface area contributed by atoms with Crippen molar-refractivity contribution in [2.45, 2.75) is 44.1 Å². The molecule has 1 amide bonds. The molecule has 1 aromatic carbocycles. The molecule has 9 nitrogen and oxygen atoms in total. The lowest BCUT2D eigenvalue weighted by Gasteiger charge is -2.47. The van der Waals surface area contributed by atoms with E-state index in [4.69, 9.17) is 29.1 Å². The number of rotatable bonds is 4. The van der Waals surface area contributed by atoms with Crippen molar-refractivity contribution in [3.63, 3.8) is 0 Å². The normalized spacial score (nSPS) is 27.3. The van der Waals surface area contributed by atoms with Gasteiger partial charge in [0.2, 0.25) is 6.29 Å². The molecule has 3 rings (SSSR count). The highest BCUT2D eigenvalue weighted by molar-refractivity contribution is 5.82. The van der Waals surface area contributed by atoms with Crippen LogP contribution in [0.4, 0.5) is 4.79 Å². The summed E-state index contributed by atoms with van der Waals surface area (Å²) in [6.07, 6.45) is -5.64. The van der Waals surface area contributed by atoms with Gasteiger partial charge in [0.05, 0.1) is 5.60 Å². The topological polar surface area (TPSA) is 130 Å². The minimum absolute atomic E-state index is 0.187. The third-order valence-corrected chi connectivity index (χ3v) is 4.38. The second-order valence-corrected chi connectivity index (χ2v) is 6.68. The smallest absolute Gasteiger partial charge is 0.405 e. The summed E-state index contributed by atoms with van der Waals surface area (Å²) in [4.78, 5) is 22.9. The minimum Gasteiger partial charge on any atom is -0.457 e. The van der Waals surface area contributed by atoms with Gasteiger partial charge in [0.25, 0.3) is 0 Å². The first-order chi connectivity index (χ1) is 12.7. The van der Waals surface area contributed by atoms with Crippen LogP contribution in [0.5, 0.6) is 5.75 Å². The molecule has 1 aliphatic heterocycles. The van der Waals surface area contributed by atoms with E-state index in [0.29, 0.717) is 5.39 Å². The Morgan fingerprint density at radius 3 is 2.67 bits per heavy atom. The van der Waals surface area contributed by atoms with Crippen molar-refractivity contribution < 1.29 is 33.3 Å². The zero-order valence-corrected chi connectivity index (χ0v) is 15.1. The van der Waals surface area contributed by atoms with Crippen LogP contribution >= 0.6 is 0 Å². The number of carbonyl (C=O) groups is 1. The Morgan fingerprint density at radius 2 is 2.00 bits per heavy atom. The van der Waals surface area contributed by atoms with Crippen LogP contribution < -0.4 is 16.1 Å². The molecule has 9 heteroatoms. The van der Waals surface area contributed by atoms with Gasteiger partial charge in [-0.15, -0.1) is 0 Å². The summed E-state index contributed by atoms with van der Waals surface area (Å²) in [5.41, 5.74) is 3.80. The molecule has 2 heterocycles. The maximum absolute atomic E-state index is 11.6. The number of hydrogen-bond donors (Lipinski definition) is 2. The van der Waals surface area contributed by atoms with Gasteiger partial charge in [0.15, 0.2) is 17.4 Å². The number of primary amides is 1. The lowest BCUT2D eigenvalue weighted by molar-refractivity contribution is -0.304. The van der Waals surface area contributed by atoms with Crippen LogP contribution in [0.1, 0.15) is 13.8 Å². The van der Waals surface area contributed by atoms with Crippen molar-refractivity contribution in [2.75, 3.05) is 7.11 Å². The van der Waals surface area contributed by atoms with Crippen LogP contribution in [0.25, 0.3) is 11.0 Å². The standard InChI is InChI=1S/C18H21NO8/c1-18(2)15(23-3)12(21)14(26-17(19)22)16(27-18)24-10-6-4-5-9-7-8-11(20)25-13(9)10/h4-8,12,14-16,21H,1-3H3,(H2,19,22)/t12?,14-,15+,16?/m0/s1. The number of aliphatic hydroxyl groups excluding tert-OH is 1. The lowest BCUT2D eigenvalue weighted by atomic mass is 9.89. The van der Waals surface area contributed by atoms with Crippen molar-refractivity contribution in [2.24, 2.45) is 5.73 Å². The summed E-state index contributed by atoms with van der Waals surface area (Å²) in [6.45, 7) is 3.40. The van der Waals surface area contributed by atoms with E-state index in [1.807, 2.05) is 0 Å². The highest BCUT2D eigenvalue weighted by atomic mass is 16.7. The Bertz CT molecular complexity index is 892. The summed E-state index contributed by atoms with van der Waals surface area (Å²) < 4.78 is 27.2. The maximum atomic E-state index is 11.6. The number of carbonyl (C=O) groups excluding carboxylic acids is 1. The van der Waals surface area contributed by atoms with Gasteiger partial charge in [-0.25, -0.2) is 9.59 Å². The average Bonchev–Trinajstić information content (AvgIpc) is 2.58. The van der Waals surface area contributed by atoms with Gasteiger partial charge in [-0.1, -0.05) is 12.1 Å². The van der Waals surface area contributed by atoms with E-state index < -0.39 is 41.9 Å². The molecule has 1 fully saturated rings. The van der Waals surface area contributed by atoms with Crippen LogP contribution in [0, 0.1) is 0 Å². The van der Waals surface area contributed by atoms with Crippen LogP contribution in [-0.4, -0.2) is 48.5 Å². The summed E-state index contributed by atoms with van der Waals surface area (Å²) in [5.74, 6) is 0.187. The lowest BCUT2D eigenvalue weighted by Crippen LogP contribution is -2.65. The van der Waals surface area contributed by atoms with Gasteiger partial charge in [0.1, 0.15) is 12.2 Å². The molecule has 1 aliphatic rings. The Labute approximate surface area is 154 Å². The molecule has 3 N–H and O–H groups in total. The molecular formula is C18H21NO8. The van der Waals surface area contributed by atoms with Gasteiger partial charge in [-0.2, -0.15) is 0 Å². The van der Waals surface area contributed by atoms with Crippen LogP contribution in [0.2, 0.25) is 0 Å². The molecule has 4 atom stereocenters. The zero-order valence-electron chi connectivity index (χ0n) is 15.1. The summed E-state index contributed by atoms with van der Waals surface area (Å²) in [5, 5.41) is 11.3. The number of nitrogens with two attached hydrogens (primary N) is 1. The van der Waals surface area contributed by atoms with E-state index in [1.165, 1.54) is 13.2 Å². The van der Waals surface area contributed by atoms with Gasteiger partial charge < -0.3 is 34.2 Å². The van der Waals surface area contributed by atoms with E-state index in [-0.39, 0.29) is 11.3 Å². The first-order valence-electron chi connectivity index (χ1n) is 8.27. The summed E-state index contributed by atoms with van der Waals surface area (Å²) in [7, 11) is 1.40. The van der Waals surface area contributed by atoms with Gasteiger partial charge >= 0.3 is 11.7 Å². The quantitative estimate of drug-likeness (QED) is 0.757. The van der Waals surface area contributed by atoms with Crippen molar-refractivity contribution in [3.05, 3.63) is 40.8 Å². The second kappa shape index (κ2) is 7.18. The third kappa shape index (κ3) is 3.75. The number of amides is 1. The van der Waals surface area contributed by atoms with Gasteiger partial charge in [0, 0.05) is 18.6 Å². The highest BCUT2D eigenvalue weighted by Crippen LogP contribution is 2.35. The number of fused-ring (bicyclic) bond motifs is 1. The first kappa shape index (κ1) is 19.2. The zero-order chi connectivity index (χ0) is 19.8. The summed E-state index contributed by atoms with van der Waals surface area (Å²) in [6, 6.07) is 7.89. The number of benzene rings is 1. The molecule has 2 unspecified atom stereocenters. The Morgan fingerprint density at radius 1 is 1.26 bits per heavy atom. The molecule has 0 radical (unpaired) electrons. The highest BCUT2D eigenvalue weighted by Gasteiger charge is 2.53. The number of aliphatic hydroxyl groups is 1. The number of methoxy groups -OCH3 is 1. The Kier molecular flexibility index (Phi) is 5.09. The predicted molar refractivity (Wildman–Crippen MR) is 93.3 cm³/mol. The number of ether oxygens (including phenoxy) is 4. The van der Waals surface area contributed by atoms with Crippen molar-refractivity contribution >= 4 is 17.1 Å². The predicted octanol–water partition coefficient (Wildman–Crippen LogP) is 1.15. The Balaban J connectivity index is 1.99. The van der Waals surface area contributed by atoms with E-state index in [0.717, 1.165) is 0 Å². The van der Waals surface area contributed by atoms with Crippen molar-refractivity contribution in [1.29, 1.82) is 0 Å². The van der Waals surface area contributed by atoms with Crippen LogP contribution in [0.3, 0.4) is 0 Å². The van der Waals surface area contributed by atoms with E-state index >= 15 is 0 Å². The first-order valence-corrected chi connectivity index (χ1v) is 8.27.